The number of benzene rings is 9. The summed E-state index contributed by atoms with van der Waals surface area (Å²) in [6.07, 6.45) is 0. The Balaban J connectivity index is 1.14. The summed E-state index contributed by atoms with van der Waals surface area (Å²) in [7, 11) is 0. The molecule has 4 aromatic heterocycles. The number of rotatable bonds is 7. The van der Waals surface area contributed by atoms with Gasteiger partial charge in [0.15, 0.2) is 17.2 Å². The van der Waals surface area contributed by atoms with E-state index in [0.717, 1.165) is 82.8 Å². The predicted octanol–water partition coefficient (Wildman–Crippen LogP) is 14.5. The lowest BCUT2D eigenvalue weighted by Crippen LogP contribution is -2.08. The second-order valence-corrected chi connectivity index (χ2v) is 16.2. The van der Waals surface area contributed by atoms with Gasteiger partial charge in [-0.3, -0.25) is 4.57 Å². The highest BCUT2D eigenvalue weighted by Gasteiger charge is 2.26. The first kappa shape index (κ1) is 36.7. The second kappa shape index (κ2) is 14.9. The van der Waals surface area contributed by atoms with Crippen LogP contribution in [0.25, 0.3) is 123 Å². The Bertz CT molecular complexity index is 3930. The molecule has 0 amide bonds. The van der Waals surface area contributed by atoms with E-state index in [4.69, 9.17) is 24.4 Å². The van der Waals surface area contributed by atoms with Gasteiger partial charge in [0.25, 0.3) is 0 Å². The fourth-order valence-electron chi connectivity index (χ4n) is 9.43. The maximum atomic E-state index is 6.81. The normalized spacial score (nSPS) is 11.7. The summed E-state index contributed by atoms with van der Waals surface area (Å²) in [6.45, 7) is 0. The molecule has 13 aromatic rings. The minimum atomic E-state index is 0.487. The lowest BCUT2D eigenvalue weighted by molar-refractivity contribution is 0.623. The van der Waals surface area contributed by atoms with Crippen LogP contribution in [0, 0.1) is 0 Å². The molecule has 0 saturated heterocycles. The number of fused-ring (bicyclic) bond motifs is 8. The molecule has 0 fully saturated rings. The van der Waals surface area contributed by atoms with Crippen molar-refractivity contribution in [3.05, 3.63) is 218 Å². The average molecular weight is 833 g/mol. The van der Waals surface area contributed by atoms with Crippen molar-refractivity contribution in [1.82, 2.24) is 29.1 Å². The van der Waals surface area contributed by atoms with Gasteiger partial charge in [-0.25, -0.2) is 9.97 Å². The van der Waals surface area contributed by atoms with Crippen LogP contribution in [0.15, 0.2) is 223 Å². The highest BCUT2D eigenvalue weighted by molar-refractivity contribution is 6.21. The number of hydrogen-bond acceptors (Lipinski definition) is 5. The highest BCUT2D eigenvalue weighted by Crippen LogP contribution is 2.43. The van der Waals surface area contributed by atoms with E-state index >= 15 is 0 Å². The smallest absolute Gasteiger partial charge is 0.238 e. The van der Waals surface area contributed by atoms with E-state index in [9.17, 15) is 0 Å². The van der Waals surface area contributed by atoms with Crippen LogP contribution in [-0.4, -0.2) is 29.1 Å². The van der Waals surface area contributed by atoms with Gasteiger partial charge >= 0.3 is 0 Å². The maximum Gasteiger partial charge on any atom is 0.238 e. The molecule has 0 aliphatic heterocycles. The Labute approximate surface area is 373 Å². The molecule has 0 atom stereocenters. The molecule has 9 aromatic carbocycles. The second-order valence-electron chi connectivity index (χ2n) is 16.2. The Morgan fingerprint density at radius 2 is 0.892 bits per heavy atom. The van der Waals surface area contributed by atoms with Crippen molar-refractivity contribution in [2.45, 2.75) is 0 Å². The van der Waals surface area contributed by atoms with Gasteiger partial charge in [0.2, 0.25) is 11.8 Å². The minimum Gasteiger partial charge on any atom is -0.435 e. The Kier molecular flexibility index (Phi) is 8.39. The molecule has 0 radical (unpaired) electrons. The third-order valence-corrected chi connectivity index (χ3v) is 12.4. The third kappa shape index (κ3) is 6.05. The van der Waals surface area contributed by atoms with Crippen molar-refractivity contribution in [1.29, 1.82) is 0 Å². The summed E-state index contributed by atoms with van der Waals surface area (Å²) in [5.41, 5.74) is 13.7. The van der Waals surface area contributed by atoms with E-state index in [0.29, 0.717) is 29.1 Å². The average Bonchev–Trinajstić information content (AvgIpc) is 4.08. The van der Waals surface area contributed by atoms with Crippen LogP contribution in [0.2, 0.25) is 0 Å². The molecule has 4 heterocycles. The molecular weight excluding hydrogens is 797 g/mol. The van der Waals surface area contributed by atoms with Crippen LogP contribution in [0.5, 0.6) is 0 Å². The van der Waals surface area contributed by atoms with E-state index in [1.165, 1.54) is 10.9 Å². The lowest BCUT2D eigenvalue weighted by Gasteiger charge is -2.15. The first-order chi connectivity index (χ1) is 32.2. The molecule has 0 unspecified atom stereocenters. The maximum absolute atomic E-state index is 6.81. The van der Waals surface area contributed by atoms with Crippen LogP contribution in [0.3, 0.4) is 0 Å². The number of hydrogen-bond donors (Lipinski definition) is 0. The van der Waals surface area contributed by atoms with E-state index in [2.05, 4.69) is 155 Å². The van der Waals surface area contributed by atoms with Crippen molar-refractivity contribution in [3.8, 4) is 68.1 Å². The van der Waals surface area contributed by atoms with Gasteiger partial charge < -0.3 is 8.98 Å². The first-order valence-electron chi connectivity index (χ1n) is 21.7. The van der Waals surface area contributed by atoms with E-state index in [1.54, 1.807) is 0 Å². The van der Waals surface area contributed by atoms with Crippen molar-refractivity contribution in [3.63, 3.8) is 0 Å². The van der Waals surface area contributed by atoms with Gasteiger partial charge in [0.1, 0.15) is 5.52 Å². The van der Waals surface area contributed by atoms with Crippen LogP contribution in [-0.2, 0) is 0 Å². The summed E-state index contributed by atoms with van der Waals surface area (Å²) in [5, 5.41) is 4.24. The Morgan fingerprint density at radius 1 is 0.338 bits per heavy atom. The van der Waals surface area contributed by atoms with Crippen LogP contribution in [0.1, 0.15) is 0 Å². The molecule has 7 nitrogen and oxygen atoms in total. The molecule has 0 N–H and O–H groups in total. The topological polar surface area (TPSA) is 74.6 Å². The Morgan fingerprint density at radius 3 is 1.63 bits per heavy atom. The predicted molar refractivity (Wildman–Crippen MR) is 263 cm³/mol. The van der Waals surface area contributed by atoms with E-state index in [-0.39, 0.29) is 0 Å². The molecule has 7 heteroatoms. The zero-order valence-electron chi connectivity index (χ0n) is 34.9. The van der Waals surface area contributed by atoms with Crippen molar-refractivity contribution in [2.75, 3.05) is 0 Å². The zero-order valence-corrected chi connectivity index (χ0v) is 34.9. The summed E-state index contributed by atoms with van der Waals surface area (Å²) in [4.78, 5) is 21.0. The number of nitrogens with zero attached hydrogens (tertiary/aromatic N) is 6. The van der Waals surface area contributed by atoms with Crippen LogP contribution >= 0.6 is 0 Å². The van der Waals surface area contributed by atoms with Gasteiger partial charge in [0.05, 0.1) is 33.1 Å². The molecule has 0 saturated carbocycles. The third-order valence-electron chi connectivity index (χ3n) is 12.4. The molecule has 0 bridgehead atoms. The van der Waals surface area contributed by atoms with Crippen molar-refractivity contribution >= 4 is 54.7 Å². The molecule has 0 aliphatic rings. The fraction of sp³-hybridized carbons (Fsp3) is 0. The fourth-order valence-corrected chi connectivity index (χ4v) is 9.43. The van der Waals surface area contributed by atoms with E-state index in [1.807, 2.05) is 72.8 Å². The SMILES string of the molecule is c1ccc(-c2cccc(-c3nc(-c4ccccc4)nc(-n4c5ccc6nc(-c7ccccc7)oc6c5c5cccc(-n6c7ccccc7c7cc(-c8ccccc8)ccc76)c54)n3)c2)cc1. The van der Waals surface area contributed by atoms with Gasteiger partial charge in [-0.15, -0.1) is 0 Å². The van der Waals surface area contributed by atoms with Gasteiger partial charge in [0, 0.05) is 32.8 Å². The number of aromatic nitrogens is 6. The lowest BCUT2D eigenvalue weighted by atomic mass is 10.0. The Hall–Kier alpha value is -8.94. The minimum absolute atomic E-state index is 0.487. The largest absolute Gasteiger partial charge is 0.435 e. The standard InChI is InChI=1S/C58H36N6O/c1-5-17-37(18-6-1)41-25-15-26-43(35-41)56-60-55(39-21-9-3-10-22-39)61-58(62-56)64-50-34-32-47-54(65-57(59-47)40-23-11-4-12-24-40)52(50)45-28-16-30-51(53(45)64)63-48-29-14-13-27-44(48)46-36-42(31-33-49(46)63)38-19-7-2-8-20-38/h1-36H. The van der Waals surface area contributed by atoms with Crippen LogP contribution < -0.4 is 0 Å². The highest BCUT2D eigenvalue weighted by atomic mass is 16.3. The summed E-state index contributed by atoms with van der Waals surface area (Å²) < 4.78 is 11.4. The monoisotopic (exact) mass is 832 g/mol. The van der Waals surface area contributed by atoms with Crippen molar-refractivity contribution in [2.24, 2.45) is 0 Å². The first-order valence-corrected chi connectivity index (χ1v) is 21.7. The van der Waals surface area contributed by atoms with Gasteiger partial charge in [-0.1, -0.05) is 164 Å². The number of oxazole rings is 1. The molecular formula is C58H36N6O. The molecule has 65 heavy (non-hydrogen) atoms. The molecule has 304 valence electrons. The van der Waals surface area contributed by atoms with E-state index < -0.39 is 0 Å². The number of para-hydroxylation sites is 2. The molecule has 0 spiro atoms. The van der Waals surface area contributed by atoms with Gasteiger partial charge in [-0.05, 0) is 76.9 Å². The summed E-state index contributed by atoms with van der Waals surface area (Å²) in [6, 6.07) is 75.7. The zero-order chi connectivity index (χ0) is 42.8. The van der Waals surface area contributed by atoms with Crippen molar-refractivity contribution < 1.29 is 4.42 Å². The summed E-state index contributed by atoms with van der Waals surface area (Å²) in [5.74, 6) is 2.19. The summed E-state index contributed by atoms with van der Waals surface area (Å²) >= 11 is 0. The quantitative estimate of drug-likeness (QED) is 0.160. The van der Waals surface area contributed by atoms with Crippen LogP contribution in [0.4, 0.5) is 0 Å². The van der Waals surface area contributed by atoms with Gasteiger partial charge in [-0.2, -0.15) is 9.97 Å². The molecule has 13 rings (SSSR count). The molecule has 0 aliphatic carbocycles.